The van der Waals surface area contributed by atoms with Crippen molar-refractivity contribution in [2.24, 2.45) is 0 Å². The van der Waals surface area contributed by atoms with E-state index in [2.05, 4.69) is 0 Å². The second-order valence-electron chi connectivity index (χ2n) is 1.15. The van der Waals surface area contributed by atoms with Gasteiger partial charge in [0.15, 0.2) is 0 Å². The van der Waals surface area contributed by atoms with Crippen LogP contribution in [0.25, 0.3) is 0 Å². The van der Waals surface area contributed by atoms with Crippen LogP contribution in [0.3, 0.4) is 0 Å². The summed E-state index contributed by atoms with van der Waals surface area (Å²) in [7, 11) is 0. The second-order valence-corrected chi connectivity index (χ2v) is 1.15. The Labute approximate surface area is 394 Å². The van der Waals surface area contributed by atoms with Crippen LogP contribution >= 0.6 is 0 Å². The number of hydrogen-bond donors (Lipinski definition) is 0. The maximum atomic E-state index is 2.00. The largest absolute Gasteiger partial charge is 0.358 e. The third-order valence-corrected chi connectivity index (χ3v) is 0. The third-order valence-electron chi connectivity index (χ3n) is 0. The summed E-state index contributed by atoms with van der Waals surface area (Å²) >= 11 is 0. The van der Waals surface area contributed by atoms with Gasteiger partial charge in [-0.15, -0.1) is 0 Å². The van der Waals surface area contributed by atoms with Gasteiger partial charge in [-0.05, 0) is 0 Å². The van der Waals surface area contributed by atoms with Gasteiger partial charge in [-0.1, -0.05) is 0 Å². The molecule has 0 bridgehead atoms. The Bertz CT molecular complexity index is 19.4. The Morgan fingerprint density at radius 1 is 0.333 bits per heavy atom. The molecule has 0 aromatic rings. The van der Waals surface area contributed by atoms with Gasteiger partial charge in [0.05, 0.1) is 0 Å². The molecule has 0 aromatic heterocycles. The SMILES string of the molecule is C[CH-]C.C[CH-]C.[CH3-].[Y].[Y].[Y].[Y].[Y].[Y].[Y].[Y].[Y].[Y].[Y]. The predicted octanol–water partition coefficient (Wildman–Crippen LogP) is 2.88. The van der Waals surface area contributed by atoms with E-state index in [1.165, 1.54) is 0 Å². The van der Waals surface area contributed by atoms with Crippen molar-refractivity contribution < 1.29 is 360 Å². The molecule has 0 aliphatic carbocycles. The molecule has 0 aromatic carbocycles. The molecule has 0 saturated carbocycles. The summed E-state index contributed by atoms with van der Waals surface area (Å²) in [4.78, 5) is 0. The van der Waals surface area contributed by atoms with Gasteiger partial charge >= 0.3 is 0 Å². The summed E-state index contributed by atoms with van der Waals surface area (Å²) < 4.78 is 0. The maximum absolute atomic E-state index is 2.00. The zero-order valence-corrected chi connectivity index (χ0v) is 43.7. The predicted molar refractivity (Wildman–Crippen MR) is 37.7 cm³/mol. The monoisotopic (exact) mass is 1080 g/mol. The molecule has 0 aliphatic heterocycles. The molecule has 0 aliphatic rings. The van der Waals surface area contributed by atoms with E-state index in [4.69, 9.17) is 0 Å². The second kappa shape index (κ2) is 115. The van der Waals surface area contributed by atoms with Crippen molar-refractivity contribution in [3.8, 4) is 0 Å². The number of rotatable bonds is 0. The van der Waals surface area contributed by atoms with Gasteiger partial charge in [-0.2, -0.15) is 27.7 Å². The quantitative estimate of drug-likeness (QED) is 0.328. The van der Waals surface area contributed by atoms with Gasteiger partial charge in [0, 0.05) is 360 Å². The molecule has 0 atom stereocenters. The molecule has 0 nitrogen and oxygen atoms in total. The molecule has 0 N–H and O–H groups in total. The molecular formula is C7H17Y11-3. The van der Waals surface area contributed by atoms with E-state index in [1.54, 1.807) is 0 Å². The van der Waals surface area contributed by atoms with Crippen molar-refractivity contribution in [3.05, 3.63) is 20.3 Å². The fraction of sp³-hybridized carbons (Fsp3) is 0.571. The summed E-state index contributed by atoms with van der Waals surface area (Å²) in [6, 6.07) is 0. The third kappa shape index (κ3) is 141. The van der Waals surface area contributed by atoms with Crippen LogP contribution in [0.1, 0.15) is 27.7 Å². The van der Waals surface area contributed by atoms with E-state index < -0.39 is 0 Å². The average molecular weight is 1080 g/mol. The van der Waals surface area contributed by atoms with Gasteiger partial charge in [0.2, 0.25) is 0 Å². The molecule has 0 fully saturated rings. The smallest absolute Gasteiger partial charge is 0 e. The van der Waals surface area contributed by atoms with Crippen LogP contribution < -0.4 is 0 Å². The van der Waals surface area contributed by atoms with E-state index >= 15 is 0 Å². The van der Waals surface area contributed by atoms with Crippen molar-refractivity contribution in [1.82, 2.24) is 0 Å². The summed E-state index contributed by atoms with van der Waals surface area (Å²) in [5.41, 5.74) is 0. The van der Waals surface area contributed by atoms with Gasteiger partial charge in [-0.3, -0.25) is 0 Å². The Morgan fingerprint density at radius 2 is 0.333 bits per heavy atom. The molecule has 11 radical (unpaired) electrons. The van der Waals surface area contributed by atoms with Gasteiger partial charge in [0.1, 0.15) is 0 Å². The molecule has 18 heavy (non-hydrogen) atoms. The van der Waals surface area contributed by atoms with Crippen molar-refractivity contribution in [2.75, 3.05) is 0 Å². The first-order valence-corrected chi connectivity index (χ1v) is 2.31. The van der Waals surface area contributed by atoms with Crippen molar-refractivity contribution in [1.29, 1.82) is 0 Å². The van der Waals surface area contributed by atoms with Gasteiger partial charge in [-0.25, -0.2) is 0 Å². The average Bonchev–Trinajstić information content (AvgIpc) is 1.39. The van der Waals surface area contributed by atoms with Gasteiger partial charge in [0.25, 0.3) is 0 Å². The fourth-order valence-corrected chi connectivity index (χ4v) is 0. The Morgan fingerprint density at radius 3 is 0.333 bits per heavy atom. The van der Waals surface area contributed by atoms with Crippen LogP contribution in [0.2, 0.25) is 0 Å². The van der Waals surface area contributed by atoms with Crippen LogP contribution in [0.15, 0.2) is 0 Å². The first-order valence-electron chi connectivity index (χ1n) is 2.31. The summed E-state index contributed by atoms with van der Waals surface area (Å²) in [5.74, 6) is 0. The first-order chi connectivity index (χ1) is 2.83. The van der Waals surface area contributed by atoms with Crippen molar-refractivity contribution in [3.63, 3.8) is 0 Å². The fourth-order valence-electron chi connectivity index (χ4n) is 0. The van der Waals surface area contributed by atoms with Crippen molar-refractivity contribution >= 4 is 0 Å². The van der Waals surface area contributed by atoms with Crippen LogP contribution in [0.5, 0.6) is 0 Å². The molecular weight excluding hydrogens is 1060 g/mol. The minimum absolute atomic E-state index is 0. The molecule has 0 rings (SSSR count). The van der Waals surface area contributed by atoms with E-state index in [0.717, 1.165) is 0 Å². The summed E-state index contributed by atoms with van der Waals surface area (Å²) in [5, 5.41) is 0. The zero-order valence-electron chi connectivity index (χ0n) is 12.5. The van der Waals surface area contributed by atoms with Crippen LogP contribution in [0.4, 0.5) is 0 Å². The molecule has 0 unspecified atom stereocenters. The molecule has 0 saturated heterocycles. The molecule has 0 heterocycles. The molecule has 11 heteroatoms. The normalized spacial score (nSPS) is 2.00. The van der Waals surface area contributed by atoms with Gasteiger partial charge < -0.3 is 20.3 Å². The molecule has 0 amide bonds. The maximum Gasteiger partial charge on any atom is 0 e. The standard InChI is InChI=1S/2C3H7.CH3.11Y/c2*1-3-2;;;;;;;;;;;;/h2*3H,1-2H3;1H3;;;;;;;;;;;/q3*-1;;;;;;;;;;;. The van der Waals surface area contributed by atoms with E-state index in [9.17, 15) is 0 Å². The molecule has 0 spiro atoms. The number of hydrogen-bond acceptors (Lipinski definition) is 0. The topological polar surface area (TPSA) is 0 Å². The van der Waals surface area contributed by atoms with E-state index in [0.29, 0.717) is 0 Å². The first kappa shape index (κ1) is 98.2. The Balaban J connectivity index is -0.000000000889. The van der Waals surface area contributed by atoms with E-state index in [-0.39, 0.29) is 367 Å². The van der Waals surface area contributed by atoms with Crippen LogP contribution in [-0.4, -0.2) is 0 Å². The van der Waals surface area contributed by atoms with E-state index in [1.807, 2.05) is 40.5 Å². The Hall–Kier alpha value is 12.1. The Kier molecular flexibility index (Phi) is 630. The minimum Gasteiger partial charge on any atom is -0.358 e. The zero-order chi connectivity index (χ0) is 5.41. The van der Waals surface area contributed by atoms with Crippen LogP contribution in [0, 0.1) is 20.3 Å². The minimum atomic E-state index is 0. The van der Waals surface area contributed by atoms with Crippen LogP contribution in [-0.2, 0) is 360 Å². The van der Waals surface area contributed by atoms with Crippen molar-refractivity contribution in [2.45, 2.75) is 27.7 Å². The summed E-state index contributed by atoms with van der Waals surface area (Å²) in [6.45, 7) is 8.00. The summed E-state index contributed by atoms with van der Waals surface area (Å²) in [6.07, 6.45) is 4.00. The molecule has 81 valence electrons.